The number of halogens is 1. The lowest BCUT2D eigenvalue weighted by atomic mass is 10.1. The van der Waals surface area contributed by atoms with E-state index in [1.165, 1.54) is 6.33 Å². The van der Waals surface area contributed by atoms with Crippen LogP contribution in [-0.2, 0) is 4.74 Å². The zero-order valence-electron chi connectivity index (χ0n) is 13.6. The van der Waals surface area contributed by atoms with Crippen LogP contribution >= 0.6 is 11.6 Å². The molecule has 0 aliphatic rings. The number of aromatic nitrogens is 4. The number of aliphatic hydroxyl groups is 2. The second kappa shape index (κ2) is 7.29. The topological polar surface area (TPSA) is 133 Å². The summed E-state index contributed by atoms with van der Waals surface area (Å²) in [4.78, 5) is 19.3. The molecule has 0 fully saturated rings. The van der Waals surface area contributed by atoms with Gasteiger partial charge >= 0.3 is 6.09 Å². The molecule has 2 aromatic heterocycles. The van der Waals surface area contributed by atoms with E-state index >= 15 is 0 Å². The highest BCUT2D eigenvalue weighted by Gasteiger charge is 2.25. The second-order valence-corrected chi connectivity index (χ2v) is 6.59. The highest BCUT2D eigenvalue weighted by Crippen LogP contribution is 2.28. The summed E-state index contributed by atoms with van der Waals surface area (Å²) < 4.78 is 5.08. The van der Waals surface area contributed by atoms with Gasteiger partial charge in [0.15, 0.2) is 5.65 Å². The summed E-state index contributed by atoms with van der Waals surface area (Å²) in [6, 6.07) is 0. The maximum Gasteiger partial charge on any atom is 0.407 e. The van der Waals surface area contributed by atoms with Gasteiger partial charge in [0.2, 0.25) is 0 Å². The van der Waals surface area contributed by atoms with E-state index in [0.29, 0.717) is 11.0 Å². The maximum atomic E-state index is 11.5. The zero-order valence-corrected chi connectivity index (χ0v) is 14.3. The molecule has 24 heavy (non-hydrogen) atoms. The number of aromatic amines is 1. The van der Waals surface area contributed by atoms with Crippen LogP contribution in [0.15, 0.2) is 6.33 Å². The fourth-order valence-corrected chi connectivity index (χ4v) is 2.27. The minimum absolute atomic E-state index is 0.103. The largest absolute Gasteiger partial charge is 0.444 e. The van der Waals surface area contributed by atoms with Crippen molar-refractivity contribution in [1.82, 2.24) is 25.5 Å². The molecule has 0 spiro atoms. The maximum absolute atomic E-state index is 11.5. The molecule has 4 N–H and O–H groups in total. The molecule has 2 unspecified atom stereocenters. The highest BCUT2D eigenvalue weighted by molar-refractivity contribution is 6.34. The van der Waals surface area contributed by atoms with Gasteiger partial charge in [-0.2, -0.15) is 5.10 Å². The van der Waals surface area contributed by atoms with Gasteiger partial charge < -0.3 is 20.3 Å². The van der Waals surface area contributed by atoms with Crippen LogP contribution in [0.1, 0.15) is 39.0 Å². The van der Waals surface area contributed by atoms with Crippen LogP contribution in [0.5, 0.6) is 0 Å². The van der Waals surface area contributed by atoms with Crippen molar-refractivity contribution in [2.24, 2.45) is 0 Å². The van der Waals surface area contributed by atoms with Crippen molar-refractivity contribution in [3.63, 3.8) is 0 Å². The van der Waals surface area contributed by atoms with Crippen molar-refractivity contribution in [1.29, 1.82) is 0 Å². The number of amides is 1. The Labute approximate surface area is 143 Å². The van der Waals surface area contributed by atoms with E-state index in [4.69, 9.17) is 16.3 Å². The molecule has 0 saturated carbocycles. The Morgan fingerprint density at radius 3 is 2.79 bits per heavy atom. The molecule has 0 saturated heterocycles. The molecule has 2 atom stereocenters. The molecule has 132 valence electrons. The SMILES string of the molecule is CC(C)(C)OC(=O)NCCC(O)C(O)c1[nH]nc2ncnc(Cl)c12. The summed E-state index contributed by atoms with van der Waals surface area (Å²) >= 11 is 5.98. The number of aliphatic hydroxyl groups excluding tert-OH is 2. The monoisotopic (exact) mass is 357 g/mol. The number of alkyl carbamates (subject to hydrolysis) is 1. The number of nitrogens with zero attached hydrogens (tertiary/aromatic N) is 3. The average Bonchev–Trinajstić information content (AvgIpc) is 2.89. The van der Waals surface area contributed by atoms with Crippen molar-refractivity contribution in [3.05, 3.63) is 17.2 Å². The van der Waals surface area contributed by atoms with E-state index in [1.54, 1.807) is 20.8 Å². The predicted octanol–water partition coefficient (Wildman–Crippen LogP) is 1.32. The van der Waals surface area contributed by atoms with Crippen molar-refractivity contribution in [2.45, 2.75) is 45.0 Å². The lowest BCUT2D eigenvalue weighted by molar-refractivity contribution is 0.0107. The third-order valence-corrected chi connectivity index (χ3v) is 3.39. The summed E-state index contributed by atoms with van der Waals surface area (Å²) in [5, 5.41) is 29.9. The van der Waals surface area contributed by atoms with E-state index in [9.17, 15) is 15.0 Å². The van der Waals surface area contributed by atoms with Crippen LogP contribution in [0.2, 0.25) is 5.15 Å². The standard InChI is InChI=1S/C14H20ClN5O4/c1-14(2,3)24-13(23)16-5-4-7(21)10(22)9-8-11(15)17-6-18-12(8)20-19-9/h6-7,10,21-22H,4-5H2,1-3H3,(H,16,23)(H,17,18,19,20). The Bertz CT molecular complexity index is 715. The van der Waals surface area contributed by atoms with Crippen molar-refractivity contribution < 1.29 is 19.7 Å². The number of H-pyrrole nitrogens is 1. The first-order valence-electron chi connectivity index (χ1n) is 7.36. The van der Waals surface area contributed by atoms with E-state index in [2.05, 4.69) is 25.5 Å². The number of rotatable bonds is 5. The Balaban J connectivity index is 1.95. The van der Waals surface area contributed by atoms with Crippen molar-refractivity contribution in [2.75, 3.05) is 6.54 Å². The van der Waals surface area contributed by atoms with E-state index in [1.807, 2.05) is 0 Å². The average molecular weight is 358 g/mol. The minimum atomic E-state index is -1.28. The number of fused-ring (bicyclic) bond motifs is 1. The number of ether oxygens (including phenoxy) is 1. The van der Waals surface area contributed by atoms with Crippen molar-refractivity contribution >= 4 is 28.7 Å². The quantitative estimate of drug-likeness (QED) is 0.593. The molecule has 2 heterocycles. The number of carbonyl (C=O) groups excluding carboxylic acids is 1. The molecule has 10 heteroatoms. The van der Waals surface area contributed by atoms with Gasteiger partial charge in [-0.15, -0.1) is 0 Å². The molecule has 2 aromatic rings. The van der Waals surface area contributed by atoms with Crippen LogP contribution < -0.4 is 5.32 Å². The fraction of sp³-hybridized carbons (Fsp3) is 0.571. The molecule has 0 aromatic carbocycles. The molecular formula is C14H20ClN5O4. The molecule has 9 nitrogen and oxygen atoms in total. The smallest absolute Gasteiger partial charge is 0.407 e. The summed E-state index contributed by atoms with van der Waals surface area (Å²) in [6.07, 6.45) is -1.67. The minimum Gasteiger partial charge on any atom is -0.444 e. The van der Waals surface area contributed by atoms with E-state index < -0.39 is 23.9 Å². The fourth-order valence-electron chi connectivity index (χ4n) is 2.04. The first kappa shape index (κ1) is 18.4. The van der Waals surface area contributed by atoms with Gasteiger partial charge in [0.1, 0.15) is 23.2 Å². The van der Waals surface area contributed by atoms with Crippen LogP contribution in [0, 0.1) is 0 Å². The molecule has 0 aliphatic heterocycles. The normalized spacial score (nSPS) is 14.4. The predicted molar refractivity (Wildman–Crippen MR) is 86.5 cm³/mol. The number of hydrogen-bond acceptors (Lipinski definition) is 7. The van der Waals surface area contributed by atoms with Crippen LogP contribution in [0.4, 0.5) is 4.79 Å². The first-order chi connectivity index (χ1) is 11.2. The zero-order chi connectivity index (χ0) is 17.9. The lowest BCUT2D eigenvalue weighted by Crippen LogP contribution is -2.34. The van der Waals surface area contributed by atoms with E-state index in [-0.39, 0.29) is 23.8 Å². The van der Waals surface area contributed by atoms with Gasteiger partial charge in [-0.1, -0.05) is 11.6 Å². The summed E-state index contributed by atoms with van der Waals surface area (Å²) in [5.74, 6) is 0. The molecule has 0 aliphatic carbocycles. The van der Waals surface area contributed by atoms with Crippen LogP contribution in [0.3, 0.4) is 0 Å². The number of hydrogen-bond donors (Lipinski definition) is 4. The number of carbonyl (C=O) groups is 1. The first-order valence-corrected chi connectivity index (χ1v) is 7.74. The Kier molecular flexibility index (Phi) is 5.58. The molecule has 1 amide bonds. The van der Waals surface area contributed by atoms with Crippen molar-refractivity contribution in [3.8, 4) is 0 Å². The molecule has 0 radical (unpaired) electrons. The van der Waals surface area contributed by atoms with Crippen LogP contribution in [0.25, 0.3) is 11.0 Å². The van der Waals surface area contributed by atoms with Crippen LogP contribution in [-0.4, -0.2) is 54.7 Å². The van der Waals surface area contributed by atoms with Gasteiger partial charge in [-0.05, 0) is 27.2 Å². The third-order valence-electron chi connectivity index (χ3n) is 3.10. The van der Waals surface area contributed by atoms with Gasteiger partial charge in [0.25, 0.3) is 0 Å². The Morgan fingerprint density at radius 1 is 1.42 bits per heavy atom. The molecular weight excluding hydrogens is 338 g/mol. The summed E-state index contributed by atoms with van der Waals surface area (Å²) in [7, 11) is 0. The Morgan fingerprint density at radius 2 is 2.12 bits per heavy atom. The lowest BCUT2D eigenvalue weighted by Gasteiger charge is -2.21. The molecule has 2 rings (SSSR count). The third kappa shape index (κ3) is 4.53. The second-order valence-electron chi connectivity index (χ2n) is 6.23. The van der Waals surface area contributed by atoms with Gasteiger partial charge in [0.05, 0.1) is 17.2 Å². The molecule has 0 bridgehead atoms. The van der Waals surface area contributed by atoms with Gasteiger partial charge in [0, 0.05) is 6.54 Å². The summed E-state index contributed by atoms with van der Waals surface area (Å²) in [5.41, 5.74) is -0.0862. The van der Waals surface area contributed by atoms with Gasteiger partial charge in [-0.3, -0.25) is 5.10 Å². The number of nitrogens with one attached hydrogen (secondary N) is 2. The van der Waals surface area contributed by atoms with Gasteiger partial charge in [-0.25, -0.2) is 14.8 Å². The van der Waals surface area contributed by atoms with E-state index in [0.717, 1.165) is 0 Å². The highest BCUT2D eigenvalue weighted by atomic mass is 35.5. The Hall–Kier alpha value is -1.97. The summed E-state index contributed by atoms with van der Waals surface area (Å²) in [6.45, 7) is 5.38.